The molecule has 2 amide bonds. The molecule has 2 atom stereocenters. The third-order valence-corrected chi connectivity index (χ3v) is 5.57. The Bertz CT molecular complexity index is 748. The van der Waals surface area contributed by atoms with Crippen LogP contribution in [0.1, 0.15) is 17.9 Å². The Hall–Kier alpha value is -2.15. The van der Waals surface area contributed by atoms with Crippen molar-refractivity contribution in [1.82, 2.24) is 20.2 Å². The number of carbonyl (C=O) groups excluding carboxylic acids is 1. The lowest BCUT2D eigenvalue weighted by Gasteiger charge is -2.35. The van der Waals surface area contributed by atoms with Crippen LogP contribution in [0.25, 0.3) is 0 Å². The standard InChI is InChI=1S/C18H20BrN5O/c19-15-4-2-1-3-13(15)14-11-16(14)22-18(25)24-9-7-23(8-10-24)17-12-20-5-6-21-17/h1-6,12,14,16H,7-11H2,(H,22,25). The van der Waals surface area contributed by atoms with Crippen LogP contribution in [0.3, 0.4) is 0 Å². The number of hydrogen-bond donors (Lipinski definition) is 1. The first-order chi connectivity index (χ1) is 12.2. The van der Waals surface area contributed by atoms with Gasteiger partial charge in [-0.1, -0.05) is 34.1 Å². The Balaban J connectivity index is 1.28. The first-order valence-electron chi connectivity index (χ1n) is 8.53. The van der Waals surface area contributed by atoms with E-state index >= 15 is 0 Å². The maximum absolute atomic E-state index is 12.5. The van der Waals surface area contributed by atoms with Gasteiger partial charge in [0.25, 0.3) is 0 Å². The number of aromatic nitrogens is 2. The van der Waals surface area contributed by atoms with Crippen molar-refractivity contribution in [3.8, 4) is 0 Å². The predicted octanol–water partition coefficient (Wildman–Crippen LogP) is 2.63. The molecule has 2 unspecified atom stereocenters. The van der Waals surface area contributed by atoms with E-state index in [9.17, 15) is 4.79 Å². The van der Waals surface area contributed by atoms with Gasteiger partial charge in [-0.05, 0) is 18.1 Å². The summed E-state index contributed by atoms with van der Waals surface area (Å²) in [5.74, 6) is 1.29. The van der Waals surface area contributed by atoms with Crippen molar-refractivity contribution >= 4 is 27.8 Å². The van der Waals surface area contributed by atoms with E-state index in [2.05, 4.69) is 48.2 Å². The maximum atomic E-state index is 12.5. The molecule has 130 valence electrons. The van der Waals surface area contributed by atoms with E-state index in [1.54, 1.807) is 18.6 Å². The fraction of sp³-hybridized carbons (Fsp3) is 0.389. The molecule has 1 saturated carbocycles. The van der Waals surface area contributed by atoms with Crippen LogP contribution in [0, 0.1) is 0 Å². The molecule has 25 heavy (non-hydrogen) atoms. The van der Waals surface area contributed by atoms with Crippen molar-refractivity contribution in [3.63, 3.8) is 0 Å². The molecule has 2 aliphatic rings. The van der Waals surface area contributed by atoms with E-state index in [1.807, 2.05) is 17.0 Å². The Morgan fingerprint density at radius 1 is 1.16 bits per heavy atom. The van der Waals surface area contributed by atoms with Crippen LogP contribution in [0.15, 0.2) is 47.3 Å². The highest BCUT2D eigenvalue weighted by Gasteiger charge is 2.41. The molecule has 1 saturated heterocycles. The molecule has 4 rings (SSSR count). The normalized spacial score (nSPS) is 22.6. The Labute approximate surface area is 155 Å². The van der Waals surface area contributed by atoms with Gasteiger partial charge in [0, 0.05) is 55.0 Å². The average molecular weight is 402 g/mol. The van der Waals surface area contributed by atoms with E-state index in [0.717, 1.165) is 29.8 Å². The molecule has 1 aliphatic carbocycles. The van der Waals surface area contributed by atoms with Crippen LogP contribution in [0.2, 0.25) is 0 Å². The third kappa shape index (κ3) is 3.61. The zero-order chi connectivity index (χ0) is 17.2. The molecule has 1 aliphatic heterocycles. The molecule has 6 nitrogen and oxygen atoms in total. The SMILES string of the molecule is O=C(NC1CC1c1ccccc1Br)N1CCN(c2cnccn2)CC1. The van der Waals surface area contributed by atoms with Gasteiger partial charge in [0.2, 0.25) is 0 Å². The second-order valence-electron chi connectivity index (χ2n) is 6.46. The van der Waals surface area contributed by atoms with Crippen LogP contribution in [-0.2, 0) is 0 Å². The largest absolute Gasteiger partial charge is 0.352 e. The van der Waals surface area contributed by atoms with Gasteiger partial charge in [0.1, 0.15) is 5.82 Å². The second-order valence-corrected chi connectivity index (χ2v) is 7.31. The van der Waals surface area contributed by atoms with Crippen LogP contribution in [-0.4, -0.2) is 53.1 Å². The predicted molar refractivity (Wildman–Crippen MR) is 99.6 cm³/mol. The summed E-state index contributed by atoms with van der Waals surface area (Å²) in [5.41, 5.74) is 1.28. The minimum absolute atomic E-state index is 0.0401. The Morgan fingerprint density at radius 3 is 2.68 bits per heavy atom. The number of halogens is 1. The number of rotatable bonds is 3. The van der Waals surface area contributed by atoms with E-state index in [-0.39, 0.29) is 12.1 Å². The second kappa shape index (κ2) is 7.00. The van der Waals surface area contributed by atoms with Gasteiger partial charge < -0.3 is 15.1 Å². The van der Waals surface area contributed by atoms with Gasteiger partial charge >= 0.3 is 6.03 Å². The van der Waals surface area contributed by atoms with Crippen LogP contribution in [0.4, 0.5) is 10.6 Å². The first-order valence-corrected chi connectivity index (χ1v) is 9.32. The van der Waals surface area contributed by atoms with Crippen LogP contribution < -0.4 is 10.2 Å². The number of nitrogens with one attached hydrogen (secondary N) is 1. The smallest absolute Gasteiger partial charge is 0.317 e. The summed E-state index contributed by atoms with van der Waals surface area (Å²) in [4.78, 5) is 25.0. The number of benzene rings is 1. The maximum Gasteiger partial charge on any atom is 0.317 e. The van der Waals surface area contributed by atoms with Gasteiger partial charge in [-0.25, -0.2) is 9.78 Å². The van der Waals surface area contributed by atoms with Crippen LogP contribution in [0.5, 0.6) is 0 Å². The van der Waals surface area contributed by atoms with Crippen molar-refractivity contribution in [2.75, 3.05) is 31.1 Å². The molecule has 0 bridgehead atoms. The van der Waals surface area contributed by atoms with Crippen LogP contribution >= 0.6 is 15.9 Å². The number of nitrogens with zero attached hydrogens (tertiary/aromatic N) is 4. The van der Waals surface area contributed by atoms with Gasteiger partial charge in [0.05, 0.1) is 6.20 Å². The van der Waals surface area contributed by atoms with Crippen molar-refractivity contribution in [2.24, 2.45) is 0 Å². The summed E-state index contributed by atoms with van der Waals surface area (Å²) in [5, 5.41) is 3.17. The highest BCUT2D eigenvalue weighted by Crippen LogP contribution is 2.43. The van der Waals surface area contributed by atoms with E-state index in [1.165, 1.54) is 5.56 Å². The Kier molecular flexibility index (Phi) is 4.57. The van der Waals surface area contributed by atoms with Gasteiger partial charge in [-0.15, -0.1) is 0 Å². The van der Waals surface area contributed by atoms with Crippen molar-refractivity contribution < 1.29 is 4.79 Å². The average Bonchev–Trinajstić information content (AvgIpc) is 3.42. The fourth-order valence-electron chi connectivity index (χ4n) is 3.32. The van der Waals surface area contributed by atoms with E-state index < -0.39 is 0 Å². The molecule has 1 aromatic carbocycles. The topological polar surface area (TPSA) is 61.4 Å². The van der Waals surface area contributed by atoms with Crippen molar-refractivity contribution in [1.29, 1.82) is 0 Å². The number of urea groups is 1. The summed E-state index contributed by atoms with van der Waals surface area (Å²) >= 11 is 3.60. The summed E-state index contributed by atoms with van der Waals surface area (Å²) < 4.78 is 1.12. The molecular weight excluding hydrogens is 382 g/mol. The molecule has 2 fully saturated rings. The third-order valence-electron chi connectivity index (χ3n) is 4.84. The molecule has 0 radical (unpaired) electrons. The first kappa shape index (κ1) is 16.3. The summed E-state index contributed by atoms with van der Waals surface area (Å²) in [6, 6.07) is 8.52. The zero-order valence-corrected chi connectivity index (χ0v) is 15.4. The summed E-state index contributed by atoms with van der Waals surface area (Å²) in [6.07, 6.45) is 6.14. The molecule has 1 aromatic heterocycles. The molecule has 7 heteroatoms. The molecule has 2 heterocycles. The van der Waals surface area contributed by atoms with Crippen molar-refractivity contribution in [3.05, 3.63) is 52.9 Å². The van der Waals surface area contributed by atoms with Gasteiger partial charge in [-0.3, -0.25) is 4.98 Å². The monoisotopic (exact) mass is 401 g/mol. The molecule has 1 N–H and O–H groups in total. The van der Waals surface area contributed by atoms with Gasteiger partial charge in [-0.2, -0.15) is 0 Å². The molecule has 2 aromatic rings. The highest BCUT2D eigenvalue weighted by atomic mass is 79.9. The lowest BCUT2D eigenvalue weighted by molar-refractivity contribution is 0.193. The lowest BCUT2D eigenvalue weighted by atomic mass is 10.1. The number of amides is 2. The summed E-state index contributed by atoms with van der Waals surface area (Å²) in [7, 11) is 0. The number of carbonyl (C=O) groups is 1. The minimum atomic E-state index is 0.0401. The number of anilines is 1. The minimum Gasteiger partial charge on any atom is -0.352 e. The van der Waals surface area contributed by atoms with Crippen molar-refractivity contribution in [2.45, 2.75) is 18.4 Å². The van der Waals surface area contributed by atoms with Gasteiger partial charge in [0.15, 0.2) is 0 Å². The van der Waals surface area contributed by atoms with E-state index in [0.29, 0.717) is 19.0 Å². The Morgan fingerprint density at radius 2 is 1.96 bits per heavy atom. The summed E-state index contributed by atoms with van der Waals surface area (Å²) in [6.45, 7) is 2.97. The fourth-order valence-corrected chi connectivity index (χ4v) is 3.90. The van der Waals surface area contributed by atoms with E-state index in [4.69, 9.17) is 0 Å². The lowest BCUT2D eigenvalue weighted by Crippen LogP contribution is -2.52. The molecule has 0 spiro atoms. The number of hydrogen-bond acceptors (Lipinski definition) is 4. The zero-order valence-electron chi connectivity index (χ0n) is 13.8. The quantitative estimate of drug-likeness (QED) is 0.858. The molecular formula is C18H20BrN5O. The highest BCUT2D eigenvalue weighted by molar-refractivity contribution is 9.10. The number of piperazine rings is 1.